The van der Waals surface area contributed by atoms with Gasteiger partial charge in [0.2, 0.25) is 6.20 Å². The number of hydrogen-bond acceptors (Lipinski definition) is 6. The number of fused-ring (bicyclic) bond motifs is 1. The van der Waals surface area contributed by atoms with Crippen LogP contribution in [0.4, 0.5) is 0 Å². The maximum absolute atomic E-state index is 12.1. The fourth-order valence-corrected chi connectivity index (χ4v) is 1.89. The van der Waals surface area contributed by atoms with Gasteiger partial charge in [-0.1, -0.05) is 12.1 Å². The number of aliphatic hydroxyl groups excluding tert-OH is 4. The molecule has 0 aliphatic rings. The van der Waals surface area contributed by atoms with E-state index in [-0.39, 0.29) is 11.0 Å². The summed E-state index contributed by atoms with van der Waals surface area (Å²) >= 11 is 0. The number of benzene rings is 1. The van der Waals surface area contributed by atoms with Crippen LogP contribution in [0.3, 0.4) is 0 Å². The van der Waals surface area contributed by atoms with Gasteiger partial charge in [0.05, 0.1) is 11.0 Å². The van der Waals surface area contributed by atoms with Crippen molar-refractivity contribution in [2.75, 3.05) is 6.61 Å². The average Bonchev–Trinajstić information content (AvgIpc) is 2.48. The van der Waals surface area contributed by atoms with Crippen LogP contribution < -0.4 is 4.43 Å². The number of aliphatic hydroxyl groups is 4. The normalized spacial score (nSPS) is 16.0. The lowest BCUT2D eigenvalue weighted by molar-refractivity contribution is -0.465. The Bertz CT molecular complexity index is 671. The van der Waals surface area contributed by atoms with Crippen LogP contribution in [-0.4, -0.2) is 44.0 Å². The van der Waals surface area contributed by atoms with Crippen LogP contribution in [0.5, 0.6) is 0 Å². The van der Waals surface area contributed by atoms with Gasteiger partial charge in [-0.15, -0.1) is 0 Å². The zero-order chi connectivity index (χ0) is 14.9. The molecule has 0 aliphatic carbocycles. The van der Waals surface area contributed by atoms with E-state index < -0.39 is 30.6 Å². The van der Waals surface area contributed by atoms with E-state index in [0.717, 1.165) is 6.20 Å². The van der Waals surface area contributed by atoms with Crippen LogP contribution in [0.2, 0.25) is 0 Å². The predicted octanol–water partition coefficient (Wildman–Crippen LogP) is -1.35. The molecule has 2 rings (SSSR count). The molecular formula is C12H14N2O6. The SMILES string of the molecule is O=[n+]1cc(C(O)C(O)C(O)CO)n([O-])c2ccccc21. The first-order chi connectivity index (χ1) is 9.47. The van der Waals surface area contributed by atoms with Crippen molar-refractivity contribution in [3.05, 3.63) is 46.3 Å². The molecule has 8 nitrogen and oxygen atoms in total. The molecule has 0 aliphatic heterocycles. The van der Waals surface area contributed by atoms with Gasteiger partial charge in [0, 0.05) is 11.0 Å². The third-order valence-electron chi connectivity index (χ3n) is 3.03. The fourth-order valence-electron chi connectivity index (χ4n) is 1.89. The Hall–Kier alpha value is -2.00. The Kier molecular flexibility index (Phi) is 4.00. The largest absolute Gasteiger partial charge is 0.805 e. The number of nitrogens with zero attached hydrogens (tertiary/aromatic N) is 2. The molecule has 0 fully saturated rings. The molecule has 8 heteroatoms. The van der Waals surface area contributed by atoms with Crippen LogP contribution in [0, 0.1) is 10.1 Å². The van der Waals surface area contributed by atoms with Crippen LogP contribution in [0.15, 0.2) is 30.5 Å². The average molecular weight is 282 g/mol. The minimum atomic E-state index is -1.81. The van der Waals surface area contributed by atoms with Gasteiger partial charge < -0.3 is 30.4 Å². The maximum Gasteiger partial charge on any atom is 0.285 e. The first-order valence-corrected chi connectivity index (χ1v) is 5.86. The van der Waals surface area contributed by atoms with Crippen molar-refractivity contribution >= 4 is 11.0 Å². The van der Waals surface area contributed by atoms with Gasteiger partial charge in [-0.05, 0) is 6.07 Å². The number of rotatable bonds is 4. The van der Waals surface area contributed by atoms with Gasteiger partial charge in [0.25, 0.3) is 5.52 Å². The Balaban J connectivity index is 2.55. The van der Waals surface area contributed by atoms with E-state index in [1.54, 1.807) is 12.1 Å². The first-order valence-electron chi connectivity index (χ1n) is 5.86. The molecule has 20 heavy (non-hydrogen) atoms. The quantitative estimate of drug-likeness (QED) is 0.513. The molecule has 0 spiro atoms. The number of hydrogen-bond donors (Lipinski definition) is 4. The second kappa shape index (κ2) is 5.55. The highest BCUT2D eigenvalue weighted by Crippen LogP contribution is 2.20. The summed E-state index contributed by atoms with van der Waals surface area (Å²) in [6.45, 7) is -0.790. The van der Waals surface area contributed by atoms with Crippen molar-refractivity contribution in [1.29, 1.82) is 0 Å². The van der Waals surface area contributed by atoms with Crippen molar-refractivity contribution in [2.45, 2.75) is 18.3 Å². The van der Waals surface area contributed by atoms with Gasteiger partial charge in [-0.3, -0.25) is 0 Å². The topological polar surface area (TPSA) is 132 Å². The summed E-state index contributed by atoms with van der Waals surface area (Å²) in [5.41, 5.74) is -0.293. The van der Waals surface area contributed by atoms with Gasteiger partial charge in [0.15, 0.2) is 0 Å². The minimum Gasteiger partial charge on any atom is -0.805 e. The molecule has 3 unspecified atom stereocenters. The smallest absolute Gasteiger partial charge is 0.285 e. The lowest BCUT2D eigenvalue weighted by atomic mass is 10.1. The van der Waals surface area contributed by atoms with Crippen LogP contribution in [0.25, 0.3) is 11.0 Å². The van der Waals surface area contributed by atoms with Gasteiger partial charge in [-0.2, -0.15) is 0 Å². The molecule has 2 aromatic rings. The van der Waals surface area contributed by atoms with Crippen molar-refractivity contribution in [3.8, 4) is 0 Å². The Labute approximate surface area is 113 Å². The summed E-state index contributed by atoms with van der Waals surface area (Å²) in [5.74, 6) is 0. The molecule has 0 radical (unpaired) electrons. The monoisotopic (exact) mass is 282 g/mol. The number of para-hydroxylation sites is 2. The highest BCUT2D eigenvalue weighted by Gasteiger charge is 2.29. The third-order valence-corrected chi connectivity index (χ3v) is 3.03. The summed E-state index contributed by atoms with van der Waals surface area (Å²) < 4.78 is 0.696. The van der Waals surface area contributed by atoms with E-state index in [1.807, 2.05) is 0 Å². The molecule has 0 saturated heterocycles. The third kappa shape index (κ3) is 2.37. The minimum absolute atomic E-state index is 0.0183. The summed E-state index contributed by atoms with van der Waals surface area (Å²) in [5, 5.41) is 49.6. The van der Waals surface area contributed by atoms with E-state index in [9.17, 15) is 25.4 Å². The fraction of sp³-hybridized carbons (Fsp3) is 0.333. The first kappa shape index (κ1) is 14.4. The second-order valence-corrected chi connectivity index (χ2v) is 4.35. The molecule has 1 aromatic heterocycles. The highest BCUT2D eigenvalue weighted by molar-refractivity contribution is 5.71. The van der Waals surface area contributed by atoms with Gasteiger partial charge >= 0.3 is 0 Å². The molecule has 108 valence electrons. The molecule has 0 bridgehead atoms. The van der Waals surface area contributed by atoms with E-state index in [1.165, 1.54) is 12.1 Å². The summed E-state index contributed by atoms with van der Waals surface area (Å²) in [4.78, 5) is 11.8. The van der Waals surface area contributed by atoms with Crippen molar-refractivity contribution in [3.63, 3.8) is 0 Å². The lowest BCUT2D eigenvalue weighted by Crippen LogP contribution is -2.36. The van der Waals surface area contributed by atoms with Crippen LogP contribution in [0.1, 0.15) is 11.8 Å². The molecule has 0 amide bonds. The molecular weight excluding hydrogens is 268 g/mol. The van der Waals surface area contributed by atoms with Gasteiger partial charge in [-0.25, -0.2) is 0 Å². The van der Waals surface area contributed by atoms with Crippen molar-refractivity contribution in [2.24, 2.45) is 0 Å². The van der Waals surface area contributed by atoms with E-state index in [0.29, 0.717) is 9.16 Å². The molecule has 4 N–H and O–H groups in total. The molecule has 1 heterocycles. The lowest BCUT2D eigenvalue weighted by Gasteiger charge is -2.25. The van der Waals surface area contributed by atoms with Crippen LogP contribution in [-0.2, 0) is 0 Å². The number of aromatic nitrogens is 2. The summed E-state index contributed by atoms with van der Waals surface area (Å²) in [6, 6.07) is 5.96. The van der Waals surface area contributed by atoms with Crippen molar-refractivity contribution < 1.29 is 24.9 Å². The standard InChI is InChI=1S/C12H14N2O6/c15-6-10(16)12(18)11(17)9-5-13(19)7-3-1-2-4-8(7)14(9)20/h1-5,10-12,15-18H,6H2. The molecule has 1 aromatic carbocycles. The van der Waals surface area contributed by atoms with E-state index in [2.05, 4.69) is 0 Å². The maximum atomic E-state index is 12.1. The van der Waals surface area contributed by atoms with Crippen molar-refractivity contribution in [1.82, 2.24) is 4.73 Å². The van der Waals surface area contributed by atoms with E-state index >= 15 is 0 Å². The zero-order valence-corrected chi connectivity index (χ0v) is 10.3. The van der Waals surface area contributed by atoms with Gasteiger partial charge in [0.1, 0.15) is 29.5 Å². The highest BCUT2D eigenvalue weighted by atomic mass is 16.5. The Morgan fingerprint density at radius 1 is 1.25 bits per heavy atom. The molecule has 3 atom stereocenters. The van der Waals surface area contributed by atoms with E-state index in [4.69, 9.17) is 5.11 Å². The molecule has 0 saturated carbocycles. The Morgan fingerprint density at radius 2 is 1.90 bits per heavy atom. The summed E-state index contributed by atoms with van der Waals surface area (Å²) in [6.07, 6.45) is -4.40. The summed E-state index contributed by atoms with van der Waals surface area (Å²) in [7, 11) is 0. The van der Waals surface area contributed by atoms with Crippen LogP contribution >= 0.6 is 0 Å². The zero-order valence-electron chi connectivity index (χ0n) is 10.3. The Morgan fingerprint density at radius 3 is 2.55 bits per heavy atom. The second-order valence-electron chi connectivity index (χ2n) is 4.35. The predicted molar refractivity (Wildman–Crippen MR) is 68.1 cm³/mol.